The summed E-state index contributed by atoms with van der Waals surface area (Å²) in [7, 11) is 0. The Morgan fingerprint density at radius 3 is 2.25 bits per heavy atom. The summed E-state index contributed by atoms with van der Waals surface area (Å²) in [6, 6.07) is 0. The molecular formula is C8H17N3O5. The Morgan fingerprint density at radius 1 is 1.00 bits per heavy atom. The third-order valence-electron chi connectivity index (χ3n) is 1.40. The van der Waals surface area contributed by atoms with Crippen LogP contribution in [-0.2, 0) is 14.3 Å². The van der Waals surface area contributed by atoms with Gasteiger partial charge in [0.2, 0.25) is 0 Å². The number of aliphatic hydroxyl groups excluding tert-OH is 2. The lowest BCUT2D eigenvalue weighted by Gasteiger charge is -2.06. The number of hydrazine groups is 1. The van der Waals surface area contributed by atoms with Crippen molar-refractivity contribution in [3.05, 3.63) is 0 Å². The number of carbonyl (C=O) groups excluding carboxylic acids is 2. The number of carbonyl (C=O) groups is 2. The molecular weight excluding hydrogens is 218 g/mol. The molecule has 0 spiro atoms. The third kappa shape index (κ3) is 8.12. The topological polar surface area (TPSA) is 120 Å². The summed E-state index contributed by atoms with van der Waals surface area (Å²) >= 11 is 0. The molecule has 94 valence electrons. The van der Waals surface area contributed by atoms with Gasteiger partial charge in [0.15, 0.2) is 0 Å². The zero-order valence-corrected chi connectivity index (χ0v) is 8.86. The molecule has 0 radical (unpaired) electrons. The summed E-state index contributed by atoms with van der Waals surface area (Å²) in [5, 5.41) is 19.0. The molecule has 1 amide bonds. The lowest BCUT2D eigenvalue weighted by molar-refractivity contribution is -0.154. The van der Waals surface area contributed by atoms with Crippen LogP contribution in [0.5, 0.6) is 0 Å². The molecule has 0 aromatic rings. The highest BCUT2D eigenvalue weighted by Gasteiger charge is 2.13. The van der Waals surface area contributed by atoms with Crippen molar-refractivity contribution in [1.82, 2.24) is 16.2 Å². The molecule has 0 unspecified atom stereocenters. The SMILES string of the molecule is O=C(NCCO)C(=O)OCCNNCCO. The number of amides is 1. The van der Waals surface area contributed by atoms with Crippen molar-refractivity contribution in [1.29, 1.82) is 0 Å². The molecule has 0 aliphatic carbocycles. The van der Waals surface area contributed by atoms with Gasteiger partial charge in [0.1, 0.15) is 6.61 Å². The van der Waals surface area contributed by atoms with Crippen LogP contribution in [0.15, 0.2) is 0 Å². The van der Waals surface area contributed by atoms with Gasteiger partial charge in [-0.05, 0) is 0 Å². The Labute approximate surface area is 92.9 Å². The van der Waals surface area contributed by atoms with Gasteiger partial charge in [-0.2, -0.15) is 0 Å². The fraction of sp³-hybridized carbons (Fsp3) is 0.750. The minimum absolute atomic E-state index is 0.00362. The Kier molecular flexibility index (Phi) is 9.52. The minimum atomic E-state index is -0.989. The first-order chi connectivity index (χ1) is 7.72. The van der Waals surface area contributed by atoms with Crippen molar-refractivity contribution in [2.75, 3.05) is 39.5 Å². The number of rotatable bonds is 8. The summed E-state index contributed by atoms with van der Waals surface area (Å²) in [5.74, 6) is -1.87. The number of nitrogens with one attached hydrogen (secondary N) is 3. The first-order valence-electron chi connectivity index (χ1n) is 4.84. The maximum atomic E-state index is 10.9. The van der Waals surface area contributed by atoms with Crippen molar-refractivity contribution in [2.45, 2.75) is 0 Å². The minimum Gasteiger partial charge on any atom is -0.457 e. The quantitative estimate of drug-likeness (QED) is 0.129. The fourth-order valence-corrected chi connectivity index (χ4v) is 0.735. The molecule has 0 aromatic carbocycles. The summed E-state index contributed by atoms with van der Waals surface area (Å²) in [6.07, 6.45) is 0. The van der Waals surface area contributed by atoms with E-state index in [-0.39, 0.29) is 26.4 Å². The molecule has 0 heterocycles. The normalized spacial score (nSPS) is 9.88. The van der Waals surface area contributed by atoms with Crippen LogP contribution in [0, 0.1) is 0 Å². The third-order valence-corrected chi connectivity index (χ3v) is 1.40. The number of ether oxygens (including phenoxy) is 1. The van der Waals surface area contributed by atoms with Gasteiger partial charge in [0, 0.05) is 19.6 Å². The van der Waals surface area contributed by atoms with E-state index in [1.807, 2.05) is 0 Å². The molecule has 0 aliphatic heterocycles. The zero-order valence-electron chi connectivity index (χ0n) is 8.86. The van der Waals surface area contributed by atoms with Gasteiger partial charge in [-0.15, -0.1) is 0 Å². The van der Waals surface area contributed by atoms with E-state index in [0.717, 1.165) is 0 Å². The largest absolute Gasteiger partial charge is 0.457 e. The fourth-order valence-electron chi connectivity index (χ4n) is 0.735. The number of hydrogen-bond acceptors (Lipinski definition) is 7. The van der Waals surface area contributed by atoms with Crippen LogP contribution in [0.3, 0.4) is 0 Å². The highest BCUT2D eigenvalue weighted by molar-refractivity contribution is 6.32. The lowest BCUT2D eigenvalue weighted by Crippen LogP contribution is -2.38. The van der Waals surface area contributed by atoms with Gasteiger partial charge in [-0.1, -0.05) is 0 Å². The summed E-state index contributed by atoms with van der Waals surface area (Å²) in [5.41, 5.74) is 5.31. The van der Waals surface area contributed by atoms with Gasteiger partial charge in [0.25, 0.3) is 0 Å². The standard InChI is InChI=1S/C8H17N3O5/c12-4-1-9-7(14)8(15)16-6-3-11-10-2-5-13/h10-13H,1-6H2,(H,9,14). The monoisotopic (exact) mass is 235 g/mol. The molecule has 0 bridgehead atoms. The molecule has 0 fully saturated rings. The predicted octanol–water partition coefficient (Wildman–Crippen LogP) is -3.28. The van der Waals surface area contributed by atoms with Crippen LogP contribution >= 0.6 is 0 Å². The van der Waals surface area contributed by atoms with E-state index in [2.05, 4.69) is 20.9 Å². The highest BCUT2D eigenvalue weighted by Crippen LogP contribution is 1.77. The van der Waals surface area contributed by atoms with Crippen LogP contribution < -0.4 is 16.2 Å². The molecule has 8 heteroatoms. The Morgan fingerprint density at radius 2 is 1.62 bits per heavy atom. The van der Waals surface area contributed by atoms with Gasteiger partial charge >= 0.3 is 11.9 Å². The number of hydrogen-bond donors (Lipinski definition) is 5. The molecule has 16 heavy (non-hydrogen) atoms. The van der Waals surface area contributed by atoms with Gasteiger partial charge in [0.05, 0.1) is 13.2 Å². The first-order valence-corrected chi connectivity index (χ1v) is 4.84. The first kappa shape index (κ1) is 14.8. The van der Waals surface area contributed by atoms with Crippen molar-refractivity contribution in [3.63, 3.8) is 0 Å². The summed E-state index contributed by atoms with van der Waals surface area (Å²) in [6.45, 7) is 0.514. The number of esters is 1. The zero-order chi connectivity index (χ0) is 12.2. The molecule has 0 rings (SSSR count). The molecule has 0 atom stereocenters. The van der Waals surface area contributed by atoms with E-state index >= 15 is 0 Å². The summed E-state index contributed by atoms with van der Waals surface area (Å²) in [4.78, 5) is 21.8. The molecule has 0 aromatic heterocycles. The average Bonchev–Trinajstić information content (AvgIpc) is 2.30. The molecule has 0 saturated carbocycles. The van der Waals surface area contributed by atoms with Gasteiger partial charge in [-0.3, -0.25) is 15.6 Å². The second kappa shape index (κ2) is 10.3. The lowest BCUT2D eigenvalue weighted by atomic mass is 10.5. The Hall–Kier alpha value is -1.22. The Bertz CT molecular complexity index is 212. The molecule has 8 nitrogen and oxygen atoms in total. The Balaban J connectivity index is 3.39. The summed E-state index contributed by atoms with van der Waals surface area (Å²) < 4.78 is 4.58. The second-order valence-electron chi connectivity index (χ2n) is 2.69. The van der Waals surface area contributed by atoms with Crippen molar-refractivity contribution >= 4 is 11.9 Å². The maximum absolute atomic E-state index is 10.9. The van der Waals surface area contributed by atoms with E-state index in [0.29, 0.717) is 13.1 Å². The van der Waals surface area contributed by atoms with E-state index in [1.54, 1.807) is 0 Å². The smallest absolute Gasteiger partial charge is 0.396 e. The van der Waals surface area contributed by atoms with E-state index in [9.17, 15) is 9.59 Å². The molecule has 0 saturated heterocycles. The second-order valence-corrected chi connectivity index (χ2v) is 2.69. The highest BCUT2D eigenvalue weighted by atomic mass is 16.5. The van der Waals surface area contributed by atoms with Crippen LogP contribution in [0.4, 0.5) is 0 Å². The van der Waals surface area contributed by atoms with E-state index < -0.39 is 11.9 Å². The number of aliphatic hydroxyl groups is 2. The molecule has 5 N–H and O–H groups in total. The van der Waals surface area contributed by atoms with Crippen molar-refractivity contribution in [3.8, 4) is 0 Å². The van der Waals surface area contributed by atoms with Crippen LogP contribution in [0.25, 0.3) is 0 Å². The van der Waals surface area contributed by atoms with Crippen LogP contribution in [-0.4, -0.2) is 61.5 Å². The van der Waals surface area contributed by atoms with Gasteiger partial charge < -0.3 is 20.3 Å². The van der Waals surface area contributed by atoms with Crippen LogP contribution in [0.2, 0.25) is 0 Å². The van der Waals surface area contributed by atoms with Crippen molar-refractivity contribution in [2.24, 2.45) is 0 Å². The van der Waals surface area contributed by atoms with Crippen LogP contribution in [0.1, 0.15) is 0 Å². The molecule has 0 aliphatic rings. The van der Waals surface area contributed by atoms with E-state index in [1.165, 1.54) is 0 Å². The predicted molar refractivity (Wildman–Crippen MR) is 54.1 cm³/mol. The maximum Gasteiger partial charge on any atom is 0.396 e. The van der Waals surface area contributed by atoms with E-state index in [4.69, 9.17) is 10.2 Å². The average molecular weight is 235 g/mol. The van der Waals surface area contributed by atoms with Gasteiger partial charge in [-0.25, -0.2) is 4.79 Å². The van der Waals surface area contributed by atoms with Crippen molar-refractivity contribution < 1.29 is 24.5 Å².